The van der Waals surface area contributed by atoms with Gasteiger partial charge in [0.2, 0.25) is 11.8 Å². The average molecular weight is 433 g/mol. The first-order chi connectivity index (χ1) is 15.2. The molecular formula is C24H23N3O5. The number of carbonyl (C=O) groups excluding carboxylic acids is 4. The number of hydrogen-bond donors (Lipinski definition) is 3. The van der Waals surface area contributed by atoms with E-state index in [4.69, 9.17) is 4.74 Å². The highest BCUT2D eigenvalue weighted by Crippen LogP contribution is 2.24. The summed E-state index contributed by atoms with van der Waals surface area (Å²) in [6, 6.07) is 17.5. The number of carbonyl (C=O) groups is 4. The number of anilines is 3. The maximum atomic E-state index is 12.7. The first-order valence-corrected chi connectivity index (χ1v) is 9.93. The molecule has 0 saturated carbocycles. The quantitative estimate of drug-likeness (QED) is 0.510. The number of benzene rings is 3. The number of esters is 1. The molecule has 3 aromatic rings. The largest absolute Gasteiger partial charge is 0.449 e. The Kier molecular flexibility index (Phi) is 6.84. The Balaban J connectivity index is 1.76. The Labute approximate surface area is 184 Å². The zero-order chi connectivity index (χ0) is 23.3. The van der Waals surface area contributed by atoms with E-state index in [-0.39, 0.29) is 17.4 Å². The van der Waals surface area contributed by atoms with E-state index in [9.17, 15) is 19.2 Å². The first kappa shape index (κ1) is 22.5. The van der Waals surface area contributed by atoms with Crippen LogP contribution in [0.2, 0.25) is 0 Å². The zero-order valence-electron chi connectivity index (χ0n) is 17.9. The molecule has 8 heteroatoms. The van der Waals surface area contributed by atoms with Gasteiger partial charge in [-0.15, -0.1) is 0 Å². The molecule has 0 heterocycles. The highest BCUT2D eigenvalue weighted by atomic mass is 16.5. The SMILES string of the molecule is CC(=O)Nc1cc(NC(C)=O)cc(C(=O)O[C@@H](C)C(=O)Nc2cccc3ccccc23)c1. The fourth-order valence-electron chi connectivity index (χ4n) is 3.15. The fraction of sp³-hybridized carbons (Fsp3) is 0.167. The molecule has 0 bridgehead atoms. The van der Waals surface area contributed by atoms with Gasteiger partial charge in [0, 0.05) is 36.3 Å². The van der Waals surface area contributed by atoms with E-state index in [2.05, 4.69) is 16.0 Å². The molecule has 0 aliphatic rings. The van der Waals surface area contributed by atoms with Gasteiger partial charge in [0.1, 0.15) is 0 Å². The third kappa shape index (κ3) is 5.69. The minimum atomic E-state index is -1.09. The van der Waals surface area contributed by atoms with Crippen molar-refractivity contribution < 1.29 is 23.9 Å². The molecule has 3 amide bonds. The second kappa shape index (κ2) is 9.74. The van der Waals surface area contributed by atoms with E-state index in [0.29, 0.717) is 17.1 Å². The number of amides is 3. The molecule has 32 heavy (non-hydrogen) atoms. The molecule has 3 N–H and O–H groups in total. The molecule has 0 fully saturated rings. The van der Waals surface area contributed by atoms with Crippen molar-refractivity contribution >= 4 is 51.5 Å². The Morgan fingerprint density at radius 2 is 1.38 bits per heavy atom. The van der Waals surface area contributed by atoms with Crippen molar-refractivity contribution in [2.75, 3.05) is 16.0 Å². The summed E-state index contributed by atoms with van der Waals surface area (Å²) in [5.74, 6) is -1.95. The molecule has 8 nitrogen and oxygen atoms in total. The molecule has 0 aliphatic carbocycles. The number of ether oxygens (including phenoxy) is 1. The maximum Gasteiger partial charge on any atom is 0.339 e. The fourth-order valence-corrected chi connectivity index (χ4v) is 3.15. The van der Waals surface area contributed by atoms with Gasteiger partial charge in [-0.2, -0.15) is 0 Å². The first-order valence-electron chi connectivity index (χ1n) is 9.93. The standard InChI is InChI=1S/C24H23N3O5/c1-14(23(30)27-22-10-6-8-17-7-4-5-9-21(17)22)32-24(31)18-11-19(25-15(2)28)13-20(12-18)26-16(3)29/h4-14H,1-3H3,(H,25,28)(H,26,29)(H,27,30)/t14-/m0/s1. The van der Waals surface area contributed by atoms with Gasteiger partial charge in [-0.3, -0.25) is 14.4 Å². The van der Waals surface area contributed by atoms with Crippen LogP contribution in [0.4, 0.5) is 17.1 Å². The summed E-state index contributed by atoms with van der Waals surface area (Å²) in [5.41, 5.74) is 1.30. The highest BCUT2D eigenvalue weighted by molar-refractivity contribution is 6.04. The summed E-state index contributed by atoms with van der Waals surface area (Å²) in [4.78, 5) is 48.1. The molecule has 0 aliphatic heterocycles. The molecule has 0 radical (unpaired) electrons. The van der Waals surface area contributed by atoms with E-state index < -0.39 is 18.0 Å². The molecule has 164 valence electrons. The Bertz CT molecular complexity index is 1170. The van der Waals surface area contributed by atoms with Crippen molar-refractivity contribution in [3.8, 4) is 0 Å². The Morgan fingerprint density at radius 3 is 2.00 bits per heavy atom. The van der Waals surface area contributed by atoms with Gasteiger partial charge in [0.25, 0.3) is 5.91 Å². The number of nitrogens with one attached hydrogen (secondary N) is 3. The molecule has 3 aromatic carbocycles. The van der Waals surface area contributed by atoms with Gasteiger partial charge in [0.15, 0.2) is 6.10 Å². The van der Waals surface area contributed by atoms with Crippen molar-refractivity contribution in [3.63, 3.8) is 0 Å². The van der Waals surface area contributed by atoms with Crippen molar-refractivity contribution in [2.45, 2.75) is 26.9 Å². The second-order valence-electron chi connectivity index (χ2n) is 7.22. The predicted octanol–water partition coefficient (Wildman–Crippen LogP) is 3.94. The van der Waals surface area contributed by atoms with Crippen LogP contribution in [0.1, 0.15) is 31.1 Å². The average Bonchev–Trinajstić information content (AvgIpc) is 2.72. The topological polar surface area (TPSA) is 114 Å². The van der Waals surface area contributed by atoms with Gasteiger partial charge in [-0.05, 0) is 36.6 Å². The molecule has 0 unspecified atom stereocenters. The van der Waals surface area contributed by atoms with E-state index in [0.717, 1.165) is 10.8 Å². The lowest BCUT2D eigenvalue weighted by Crippen LogP contribution is -2.30. The molecule has 3 rings (SSSR count). The van der Waals surface area contributed by atoms with Crippen LogP contribution in [0.15, 0.2) is 60.7 Å². The van der Waals surface area contributed by atoms with Crippen LogP contribution in [-0.4, -0.2) is 29.8 Å². The monoisotopic (exact) mass is 433 g/mol. The van der Waals surface area contributed by atoms with Gasteiger partial charge < -0.3 is 20.7 Å². The molecular weight excluding hydrogens is 410 g/mol. The normalized spacial score (nSPS) is 11.3. The van der Waals surface area contributed by atoms with E-state index in [1.54, 1.807) is 6.07 Å². The number of rotatable bonds is 6. The highest BCUT2D eigenvalue weighted by Gasteiger charge is 2.21. The van der Waals surface area contributed by atoms with Crippen molar-refractivity contribution in [3.05, 3.63) is 66.2 Å². The maximum absolute atomic E-state index is 12.7. The van der Waals surface area contributed by atoms with E-state index in [1.807, 2.05) is 36.4 Å². The molecule has 0 spiro atoms. The minimum Gasteiger partial charge on any atom is -0.449 e. The van der Waals surface area contributed by atoms with Crippen LogP contribution in [0.5, 0.6) is 0 Å². The van der Waals surface area contributed by atoms with Gasteiger partial charge in [0.05, 0.1) is 5.56 Å². The minimum absolute atomic E-state index is 0.0739. The lowest BCUT2D eigenvalue weighted by atomic mass is 10.1. The summed E-state index contributed by atoms with van der Waals surface area (Å²) in [6.45, 7) is 4.11. The summed E-state index contributed by atoms with van der Waals surface area (Å²) < 4.78 is 5.33. The number of hydrogen-bond acceptors (Lipinski definition) is 5. The van der Waals surface area contributed by atoms with Crippen LogP contribution >= 0.6 is 0 Å². The second-order valence-corrected chi connectivity index (χ2v) is 7.22. The molecule has 0 saturated heterocycles. The van der Waals surface area contributed by atoms with Crippen LogP contribution in [0.25, 0.3) is 10.8 Å². The van der Waals surface area contributed by atoms with Crippen molar-refractivity contribution in [1.29, 1.82) is 0 Å². The lowest BCUT2D eigenvalue weighted by molar-refractivity contribution is -0.123. The summed E-state index contributed by atoms with van der Waals surface area (Å²) in [5, 5.41) is 9.74. The van der Waals surface area contributed by atoms with Crippen LogP contribution in [0, 0.1) is 0 Å². The van der Waals surface area contributed by atoms with E-state index >= 15 is 0 Å². The summed E-state index contributed by atoms with van der Waals surface area (Å²) in [7, 11) is 0. The Hall–Kier alpha value is -4.20. The predicted molar refractivity (Wildman–Crippen MR) is 123 cm³/mol. The molecule has 1 atom stereocenters. The lowest BCUT2D eigenvalue weighted by Gasteiger charge is -2.16. The zero-order valence-corrected chi connectivity index (χ0v) is 17.9. The summed E-state index contributed by atoms with van der Waals surface area (Å²) in [6.07, 6.45) is -1.09. The van der Waals surface area contributed by atoms with Crippen LogP contribution < -0.4 is 16.0 Å². The van der Waals surface area contributed by atoms with Crippen LogP contribution in [-0.2, 0) is 19.1 Å². The van der Waals surface area contributed by atoms with Crippen molar-refractivity contribution in [2.24, 2.45) is 0 Å². The third-order valence-corrected chi connectivity index (χ3v) is 4.51. The Morgan fingerprint density at radius 1 is 0.781 bits per heavy atom. The summed E-state index contributed by atoms with van der Waals surface area (Å²) >= 11 is 0. The van der Waals surface area contributed by atoms with Gasteiger partial charge in [-0.25, -0.2) is 4.79 Å². The smallest absolute Gasteiger partial charge is 0.339 e. The van der Waals surface area contributed by atoms with Crippen molar-refractivity contribution in [1.82, 2.24) is 0 Å². The van der Waals surface area contributed by atoms with Gasteiger partial charge >= 0.3 is 5.97 Å². The number of fused-ring (bicyclic) bond motifs is 1. The third-order valence-electron chi connectivity index (χ3n) is 4.51. The van der Waals surface area contributed by atoms with Gasteiger partial charge in [-0.1, -0.05) is 36.4 Å². The molecule has 0 aromatic heterocycles. The van der Waals surface area contributed by atoms with Crippen LogP contribution in [0.3, 0.4) is 0 Å². The van der Waals surface area contributed by atoms with E-state index in [1.165, 1.54) is 39.0 Å².